The number of carbonyl (C=O) groups is 1. The van der Waals surface area contributed by atoms with Gasteiger partial charge in [-0.25, -0.2) is 23.1 Å². The van der Waals surface area contributed by atoms with Gasteiger partial charge in [0.15, 0.2) is 5.65 Å². The van der Waals surface area contributed by atoms with E-state index >= 15 is 0 Å². The van der Waals surface area contributed by atoms with E-state index in [4.69, 9.17) is 11.6 Å². The van der Waals surface area contributed by atoms with Crippen LogP contribution in [0.1, 0.15) is 27.4 Å². The van der Waals surface area contributed by atoms with E-state index in [9.17, 15) is 13.2 Å². The van der Waals surface area contributed by atoms with Crippen LogP contribution < -0.4 is 4.72 Å². The Bertz CT molecular complexity index is 1790. The Kier molecular flexibility index (Phi) is 8.73. The number of hydrogen-bond acceptors (Lipinski definition) is 5. The zero-order valence-corrected chi connectivity index (χ0v) is 22.0. The maximum atomic E-state index is 12.9. The fraction of sp³-hybridized carbons (Fsp3) is 0.0690. The van der Waals surface area contributed by atoms with Gasteiger partial charge < -0.3 is 4.57 Å². The first-order valence-corrected chi connectivity index (χ1v) is 13.6. The number of aromatic nitrogens is 3. The molecule has 0 saturated carbocycles. The zero-order chi connectivity index (χ0) is 26.9. The second-order valence-electron chi connectivity index (χ2n) is 8.66. The quantitative estimate of drug-likeness (QED) is 0.273. The second-order valence-corrected chi connectivity index (χ2v) is 10.8. The van der Waals surface area contributed by atoms with Gasteiger partial charge in [0.2, 0.25) is 0 Å². The molecule has 2 heterocycles. The molecular weight excluding hydrogens is 543 g/mol. The van der Waals surface area contributed by atoms with Crippen LogP contribution in [0.4, 0.5) is 0 Å². The number of imidazole rings is 1. The molecule has 5 rings (SSSR count). The summed E-state index contributed by atoms with van der Waals surface area (Å²) in [4.78, 5) is 21.9. The maximum absolute atomic E-state index is 12.9. The van der Waals surface area contributed by atoms with Crippen molar-refractivity contribution in [1.29, 1.82) is 0 Å². The van der Waals surface area contributed by atoms with Gasteiger partial charge in [0, 0.05) is 5.02 Å². The van der Waals surface area contributed by atoms with Crippen LogP contribution in [0.15, 0.2) is 96.4 Å². The van der Waals surface area contributed by atoms with Crippen molar-refractivity contribution in [2.45, 2.75) is 18.4 Å². The molecular formula is C29H24ClN4NaO3S. The van der Waals surface area contributed by atoms with Crippen molar-refractivity contribution in [2.75, 3.05) is 0 Å². The van der Waals surface area contributed by atoms with Crippen molar-refractivity contribution in [1.82, 2.24) is 19.3 Å². The Balaban J connectivity index is 0.00000353. The predicted octanol–water partition coefficient (Wildman–Crippen LogP) is 5.22. The number of nitrogens with zero attached hydrogens (tertiary/aromatic N) is 3. The molecule has 0 radical (unpaired) electrons. The van der Waals surface area contributed by atoms with Gasteiger partial charge in [-0.05, 0) is 59.5 Å². The van der Waals surface area contributed by atoms with Crippen molar-refractivity contribution in [3.63, 3.8) is 0 Å². The molecule has 39 heavy (non-hydrogen) atoms. The molecule has 7 nitrogen and oxygen atoms in total. The average Bonchev–Trinajstić information content (AvgIpc) is 3.24. The minimum atomic E-state index is -4.09. The summed E-state index contributed by atoms with van der Waals surface area (Å²) in [6.45, 7) is 5.87. The Morgan fingerprint density at radius 1 is 0.974 bits per heavy atom. The summed E-state index contributed by atoms with van der Waals surface area (Å²) in [7, 11) is -4.09. The molecule has 192 valence electrons. The SMILES string of the molecule is C=Cc1ccc(S(=O)(=O)NC(=O)c2ccc3nc(C)n(Cc4ccc(-c5ccccc5)cc4Cl)c3n2)cc1.[NaH]. The van der Waals surface area contributed by atoms with Gasteiger partial charge in [-0.15, -0.1) is 0 Å². The van der Waals surface area contributed by atoms with E-state index in [0.717, 1.165) is 22.3 Å². The van der Waals surface area contributed by atoms with Crippen molar-refractivity contribution >= 4 is 74.3 Å². The molecule has 5 aromatic rings. The van der Waals surface area contributed by atoms with Crippen LogP contribution >= 0.6 is 11.6 Å². The fourth-order valence-corrected chi connectivity index (χ4v) is 5.30. The van der Waals surface area contributed by atoms with Crippen molar-refractivity contribution < 1.29 is 13.2 Å². The van der Waals surface area contributed by atoms with E-state index in [1.807, 2.05) is 60.0 Å². The average molecular weight is 567 g/mol. The molecule has 10 heteroatoms. The van der Waals surface area contributed by atoms with Gasteiger partial charge in [0.25, 0.3) is 15.9 Å². The molecule has 0 saturated heterocycles. The molecule has 1 amide bonds. The van der Waals surface area contributed by atoms with Gasteiger partial charge in [-0.1, -0.05) is 78.9 Å². The number of carbonyl (C=O) groups excluding carboxylic acids is 1. The molecule has 2 aromatic heterocycles. The Labute approximate surface area is 253 Å². The van der Waals surface area contributed by atoms with E-state index in [1.165, 1.54) is 18.2 Å². The number of nitrogens with one attached hydrogen (secondary N) is 1. The third-order valence-electron chi connectivity index (χ3n) is 6.16. The normalized spacial score (nSPS) is 11.1. The Morgan fingerprint density at radius 2 is 1.69 bits per heavy atom. The molecule has 0 aliphatic heterocycles. The van der Waals surface area contributed by atoms with Crippen LogP contribution in [0.25, 0.3) is 28.4 Å². The van der Waals surface area contributed by atoms with E-state index in [-0.39, 0.29) is 40.1 Å². The fourth-order valence-electron chi connectivity index (χ4n) is 4.10. The third-order valence-corrected chi connectivity index (χ3v) is 7.86. The van der Waals surface area contributed by atoms with Gasteiger partial charge in [0.05, 0.1) is 11.4 Å². The Morgan fingerprint density at radius 3 is 2.36 bits per heavy atom. The van der Waals surface area contributed by atoms with Crippen LogP contribution in [-0.4, -0.2) is 58.4 Å². The first-order valence-electron chi connectivity index (χ1n) is 11.7. The zero-order valence-electron chi connectivity index (χ0n) is 20.4. The molecule has 0 unspecified atom stereocenters. The Hall–Kier alpha value is -3.27. The van der Waals surface area contributed by atoms with Crippen LogP contribution in [0.5, 0.6) is 0 Å². The van der Waals surface area contributed by atoms with E-state index in [0.29, 0.717) is 28.6 Å². The summed E-state index contributed by atoms with van der Waals surface area (Å²) in [5.74, 6) is -0.154. The van der Waals surface area contributed by atoms with E-state index < -0.39 is 15.9 Å². The molecule has 0 atom stereocenters. The van der Waals surface area contributed by atoms with Gasteiger partial charge in [-0.3, -0.25) is 4.79 Å². The van der Waals surface area contributed by atoms with Crippen LogP contribution in [0.3, 0.4) is 0 Å². The van der Waals surface area contributed by atoms with Crippen LogP contribution in [-0.2, 0) is 16.6 Å². The molecule has 0 aliphatic carbocycles. The standard InChI is InChI=1S/C29H23ClN4O3S.Na.H/c1-3-20-9-13-24(14-10-20)38(36,37)33-29(35)27-16-15-26-28(32-27)34(19(2)31-26)18-23-12-11-22(17-25(23)30)21-7-5-4-6-8-21;;/h3-17H,1,18H2,2H3,(H,33,35);;. The first-order chi connectivity index (χ1) is 18.2. The minimum absolute atomic E-state index is 0. The van der Waals surface area contributed by atoms with Gasteiger partial charge in [-0.2, -0.15) is 0 Å². The summed E-state index contributed by atoms with van der Waals surface area (Å²) in [6, 6.07) is 25.0. The molecule has 0 fully saturated rings. The number of pyridine rings is 1. The molecule has 0 spiro atoms. The summed E-state index contributed by atoms with van der Waals surface area (Å²) in [5, 5.41) is 0.593. The van der Waals surface area contributed by atoms with Gasteiger partial charge >= 0.3 is 29.6 Å². The second kappa shape index (κ2) is 11.9. The summed E-state index contributed by atoms with van der Waals surface area (Å²) in [5.41, 5.74) is 4.68. The summed E-state index contributed by atoms with van der Waals surface area (Å²) in [6.07, 6.45) is 1.60. The van der Waals surface area contributed by atoms with Crippen molar-refractivity contribution in [3.8, 4) is 11.1 Å². The number of sulfonamides is 1. The van der Waals surface area contributed by atoms with Crippen LogP contribution in [0.2, 0.25) is 5.02 Å². The van der Waals surface area contributed by atoms with E-state index in [1.54, 1.807) is 24.3 Å². The number of benzene rings is 3. The molecule has 1 N–H and O–H groups in total. The molecule has 3 aromatic carbocycles. The van der Waals surface area contributed by atoms with E-state index in [2.05, 4.69) is 21.3 Å². The summed E-state index contributed by atoms with van der Waals surface area (Å²) >= 11 is 6.64. The molecule has 0 bridgehead atoms. The van der Waals surface area contributed by atoms with Gasteiger partial charge in [0.1, 0.15) is 17.0 Å². The number of aryl methyl sites for hydroxylation is 1. The number of halogens is 1. The topological polar surface area (TPSA) is 94.0 Å². The number of amides is 1. The first kappa shape index (κ1) is 28.7. The molecule has 0 aliphatic rings. The number of fused-ring (bicyclic) bond motifs is 1. The van der Waals surface area contributed by atoms with Crippen molar-refractivity contribution in [3.05, 3.63) is 119 Å². The predicted molar refractivity (Wildman–Crippen MR) is 157 cm³/mol. The van der Waals surface area contributed by atoms with Crippen molar-refractivity contribution in [2.24, 2.45) is 0 Å². The number of hydrogen-bond donors (Lipinski definition) is 1. The monoisotopic (exact) mass is 566 g/mol. The number of rotatable bonds is 7. The third kappa shape index (κ3) is 6.16. The van der Waals surface area contributed by atoms with Crippen LogP contribution in [0, 0.1) is 6.92 Å². The summed E-state index contributed by atoms with van der Waals surface area (Å²) < 4.78 is 29.4.